The van der Waals surface area contributed by atoms with Gasteiger partial charge in [-0.25, -0.2) is 0 Å². The van der Waals surface area contributed by atoms with Gasteiger partial charge < -0.3 is 5.32 Å². The summed E-state index contributed by atoms with van der Waals surface area (Å²) in [5.41, 5.74) is 3.69. The molecule has 0 saturated heterocycles. The van der Waals surface area contributed by atoms with E-state index in [4.69, 9.17) is 0 Å². The first-order chi connectivity index (χ1) is 10.1. The molecule has 0 bridgehead atoms. The van der Waals surface area contributed by atoms with Crippen LogP contribution in [0, 0.1) is 0 Å². The van der Waals surface area contributed by atoms with E-state index in [-0.39, 0.29) is 5.78 Å². The number of allylic oxidation sites excluding steroid dienone is 1. The Kier molecular flexibility index (Phi) is 4.94. The van der Waals surface area contributed by atoms with Gasteiger partial charge in [0.1, 0.15) is 0 Å². The van der Waals surface area contributed by atoms with Crippen molar-refractivity contribution in [1.29, 1.82) is 0 Å². The van der Waals surface area contributed by atoms with Crippen molar-refractivity contribution in [3.63, 3.8) is 0 Å². The molecule has 0 aliphatic heterocycles. The van der Waals surface area contributed by atoms with E-state index in [1.165, 1.54) is 5.56 Å². The first-order valence-electron chi connectivity index (χ1n) is 7.20. The highest BCUT2D eigenvalue weighted by atomic mass is 16.1. The van der Waals surface area contributed by atoms with Crippen LogP contribution >= 0.6 is 0 Å². The fourth-order valence-corrected chi connectivity index (χ4v) is 2.27. The second-order valence-electron chi connectivity index (χ2n) is 5.44. The highest BCUT2D eigenvalue weighted by Gasteiger charge is 2.10. The molecule has 2 rings (SSSR count). The van der Waals surface area contributed by atoms with Crippen LogP contribution in [-0.4, -0.2) is 5.78 Å². The predicted octanol–water partition coefficient (Wildman–Crippen LogP) is 5.01. The lowest BCUT2D eigenvalue weighted by molar-refractivity contribution is 0.0993. The molecule has 2 aromatic rings. The third-order valence-electron chi connectivity index (χ3n) is 3.36. The Bertz CT molecular complexity index is 629. The van der Waals surface area contributed by atoms with Crippen LogP contribution in [0.25, 0.3) is 0 Å². The van der Waals surface area contributed by atoms with Crippen LogP contribution in [-0.2, 0) is 0 Å². The summed E-state index contributed by atoms with van der Waals surface area (Å²) in [6.07, 6.45) is 0.302. The van der Waals surface area contributed by atoms with Crippen LogP contribution in [0.2, 0.25) is 0 Å². The molecular formula is C19H21NO. The summed E-state index contributed by atoms with van der Waals surface area (Å²) in [5.74, 6) is 0.501. The second-order valence-corrected chi connectivity index (χ2v) is 5.44. The average Bonchev–Trinajstić information content (AvgIpc) is 2.48. The predicted molar refractivity (Wildman–Crippen MR) is 88.7 cm³/mol. The summed E-state index contributed by atoms with van der Waals surface area (Å²) >= 11 is 0. The Morgan fingerprint density at radius 3 is 2.33 bits per heavy atom. The van der Waals surface area contributed by atoms with Gasteiger partial charge in [0.05, 0.1) is 6.42 Å². The lowest BCUT2D eigenvalue weighted by atomic mass is 10.0. The van der Waals surface area contributed by atoms with Crippen molar-refractivity contribution < 1.29 is 4.79 Å². The molecule has 0 fully saturated rings. The number of hydrogen-bond acceptors (Lipinski definition) is 2. The van der Waals surface area contributed by atoms with E-state index in [9.17, 15) is 4.79 Å². The molecule has 108 valence electrons. The number of carbonyl (C=O) groups is 1. The molecule has 2 aromatic carbocycles. The van der Waals surface area contributed by atoms with E-state index in [2.05, 4.69) is 31.8 Å². The summed E-state index contributed by atoms with van der Waals surface area (Å²) in [4.78, 5) is 12.2. The van der Waals surface area contributed by atoms with Gasteiger partial charge in [0, 0.05) is 16.9 Å². The molecule has 0 spiro atoms. The van der Waals surface area contributed by atoms with Gasteiger partial charge in [-0.2, -0.15) is 0 Å². The van der Waals surface area contributed by atoms with Crippen molar-refractivity contribution in [2.24, 2.45) is 0 Å². The quantitative estimate of drug-likeness (QED) is 0.753. The SMILES string of the molecule is C=C(CC(=O)c1ccccc1)Nc1ccccc1C(C)C. The van der Waals surface area contributed by atoms with E-state index >= 15 is 0 Å². The van der Waals surface area contributed by atoms with Gasteiger partial charge in [-0.15, -0.1) is 0 Å². The van der Waals surface area contributed by atoms with E-state index in [1.807, 2.05) is 48.5 Å². The molecule has 0 aliphatic carbocycles. The molecule has 2 heteroatoms. The van der Waals surface area contributed by atoms with Crippen molar-refractivity contribution in [2.75, 3.05) is 5.32 Å². The summed E-state index contributed by atoms with van der Waals surface area (Å²) in [7, 11) is 0. The van der Waals surface area contributed by atoms with Crippen LogP contribution < -0.4 is 5.32 Å². The minimum absolute atomic E-state index is 0.0788. The third kappa shape index (κ3) is 4.06. The van der Waals surface area contributed by atoms with Crippen LogP contribution in [0.15, 0.2) is 66.9 Å². The highest BCUT2D eigenvalue weighted by Crippen LogP contribution is 2.25. The Morgan fingerprint density at radius 2 is 1.67 bits per heavy atom. The molecule has 0 atom stereocenters. The zero-order valence-corrected chi connectivity index (χ0v) is 12.6. The van der Waals surface area contributed by atoms with E-state index in [0.29, 0.717) is 12.3 Å². The van der Waals surface area contributed by atoms with Gasteiger partial charge in [-0.05, 0) is 17.5 Å². The number of benzene rings is 2. The number of nitrogens with one attached hydrogen (secondary N) is 1. The summed E-state index contributed by atoms with van der Waals surface area (Å²) in [5, 5.41) is 3.28. The monoisotopic (exact) mass is 279 g/mol. The van der Waals surface area contributed by atoms with Crippen molar-refractivity contribution in [3.05, 3.63) is 78.0 Å². The molecule has 1 N–H and O–H groups in total. The van der Waals surface area contributed by atoms with Crippen LogP contribution in [0.4, 0.5) is 5.69 Å². The van der Waals surface area contributed by atoms with Crippen molar-refractivity contribution in [3.8, 4) is 0 Å². The summed E-state index contributed by atoms with van der Waals surface area (Å²) < 4.78 is 0. The van der Waals surface area contributed by atoms with Crippen LogP contribution in [0.1, 0.15) is 42.1 Å². The number of Topliss-reactive ketones (excluding diaryl/α,β-unsaturated/α-hetero) is 1. The van der Waals surface area contributed by atoms with Gasteiger partial charge in [-0.3, -0.25) is 4.79 Å². The summed E-state index contributed by atoms with van der Waals surface area (Å²) in [6, 6.07) is 17.4. The minimum Gasteiger partial charge on any atom is -0.359 e. The fourth-order valence-electron chi connectivity index (χ4n) is 2.27. The molecule has 0 radical (unpaired) electrons. The standard InChI is InChI=1S/C19H21NO/c1-14(2)17-11-7-8-12-18(17)20-15(3)13-19(21)16-9-5-4-6-10-16/h4-12,14,20H,3,13H2,1-2H3. The maximum atomic E-state index is 12.2. The third-order valence-corrected chi connectivity index (χ3v) is 3.36. The maximum Gasteiger partial charge on any atom is 0.168 e. The lowest BCUT2D eigenvalue weighted by Crippen LogP contribution is -2.08. The number of hydrogen-bond donors (Lipinski definition) is 1. The van der Waals surface area contributed by atoms with Crippen molar-refractivity contribution >= 4 is 11.5 Å². The molecule has 2 nitrogen and oxygen atoms in total. The summed E-state index contributed by atoms with van der Waals surface area (Å²) in [6.45, 7) is 8.29. The average molecular weight is 279 g/mol. The zero-order chi connectivity index (χ0) is 15.2. The highest BCUT2D eigenvalue weighted by molar-refractivity contribution is 5.97. The van der Waals surface area contributed by atoms with E-state index in [0.717, 1.165) is 16.9 Å². The van der Waals surface area contributed by atoms with E-state index in [1.54, 1.807) is 0 Å². The van der Waals surface area contributed by atoms with E-state index < -0.39 is 0 Å². The Labute approximate surface area is 126 Å². The number of rotatable bonds is 6. The molecule has 0 heterocycles. The van der Waals surface area contributed by atoms with Gasteiger partial charge in [-0.1, -0.05) is 69.0 Å². The maximum absolute atomic E-state index is 12.2. The van der Waals surface area contributed by atoms with Gasteiger partial charge in [0.25, 0.3) is 0 Å². The minimum atomic E-state index is 0.0788. The normalized spacial score (nSPS) is 10.4. The molecule has 0 amide bonds. The number of ketones is 1. The molecule has 0 unspecified atom stereocenters. The van der Waals surface area contributed by atoms with Gasteiger partial charge in [0.15, 0.2) is 5.78 Å². The molecule has 0 saturated carbocycles. The smallest absolute Gasteiger partial charge is 0.168 e. The molecule has 21 heavy (non-hydrogen) atoms. The number of carbonyl (C=O) groups excluding carboxylic acids is 1. The first-order valence-corrected chi connectivity index (χ1v) is 7.20. The molecule has 0 aliphatic rings. The number of para-hydroxylation sites is 1. The fraction of sp³-hybridized carbons (Fsp3) is 0.211. The number of anilines is 1. The van der Waals surface area contributed by atoms with Crippen LogP contribution in [0.5, 0.6) is 0 Å². The molecular weight excluding hydrogens is 258 g/mol. The van der Waals surface area contributed by atoms with Gasteiger partial charge >= 0.3 is 0 Å². The molecule has 0 aromatic heterocycles. The largest absolute Gasteiger partial charge is 0.359 e. The second kappa shape index (κ2) is 6.89. The Morgan fingerprint density at radius 1 is 1.05 bits per heavy atom. The van der Waals surface area contributed by atoms with Crippen molar-refractivity contribution in [1.82, 2.24) is 0 Å². The zero-order valence-electron chi connectivity index (χ0n) is 12.6. The first kappa shape index (κ1) is 15.0. The topological polar surface area (TPSA) is 29.1 Å². The van der Waals surface area contributed by atoms with Crippen LogP contribution in [0.3, 0.4) is 0 Å². The lowest BCUT2D eigenvalue weighted by Gasteiger charge is -2.15. The van der Waals surface area contributed by atoms with Gasteiger partial charge in [0.2, 0.25) is 0 Å². The Hall–Kier alpha value is -2.35. The van der Waals surface area contributed by atoms with Crippen molar-refractivity contribution in [2.45, 2.75) is 26.2 Å². The Balaban J connectivity index is 2.04.